The highest BCUT2D eigenvalue weighted by atomic mass is 32.1. The minimum absolute atomic E-state index is 0.345. The standard InChI is InChI=1S/C8H8N6OS/c1-13-3-2-10-6-5(4(3)11-7(13)9)12-8(15)14(6)16/h2,16H,1H3,(H2,9,11)(H,12,15). The number of pyridine rings is 1. The number of nitrogen functional groups attached to an aromatic ring is 1. The largest absolute Gasteiger partial charge is 0.369 e. The van der Waals surface area contributed by atoms with Gasteiger partial charge in [-0.05, 0) is 0 Å². The van der Waals surface area contributed by atoms with E-state index in [2.05, 4.69) is 27.8 Å². The van der Waals surface area contributed by atoms with Crippen LogP contribution in [0.5, 0.6) is 0 Å². The van der Waals surface area contributed by atoms with Crippen molar-refractivity contribution in [2.24, 2.45) is 7.05 Å². The van der Waals surface area contributed by atoms with Crippen molar-refractivity contribution in [3.05, 3.63) is 16.7 Å². The van der Waals surface area contributed by atoms with Gasteiger partial charge in [-0.1, -0.05) is 12.8 Å². The number of rotatable bonds is 0. The molecule has 0 aliphatic carbocycles. The van der Waals surface area contributed by atoms with Crippen LogP contribution >= 0.6 is 12.8 Å². The molecule has 0 spiro atoms. The second-order valence-electron chi connectivity index (χ2n) is 3.46. The summed E-state index contributed by atoms with van der Waals surface area (Å²) in [6.07, 6.45) is 1.61. The Kier molecular flexibility index (Phi) is 1.62. The van der Waals surface area contributed by atoms with Gasteiger partial charge < -0.3 is 15.3 Å². The molecule has 3 rings (SSSR count). The molecule has 0 radical (unpaired) electrons. The molecule has 0 bridgehead atoms. The van der Waals surface area contributed by atoms with E-state index in [-0.39, 0.29) is 5.69 Å². The number of hydrogen-bond acceptors (Lipinski definition) is 5. The number of nitrogens with one attached hydrogen (secondary N) is 1. The molecule has 16 heavy (non-hydrogen) atoms. The molecule has 8 heteroatoms. The lowest BCUT2D eigenvalue weighted by Crippen LogP contribution is -2.07. The number of thiol groups is 1. The van der Waals surface area contributed by atoms with Crippen LogP contribution in [0.2, 0.25) is 0 Å². The Bertz CT molecular complexity index is 766. The molecule has 3 aromatic heterocycles. The van der Waals surface area contributed by atoms with E-state index in [0.717, 1.165) is 9.49 Å². The van der Waals surface area contributed by atoms with Gasteiger partial charge in [0.15, 0.2) is 5.65 Å². The van der Waals surface area contributed by atoms with E-state index in [4.69, 9.17) is 5.73 Å². The fraction of sp³-hybridized carbons (Fsp3) is 0.125. The first kappa shape index (κ1) is 9.28. The minimum atomic E-state index is -0.345. The zero-order valence-electron chi connectivity index (χ0n) is 8.30. The number of H-pyrrole nitrogens is 1. The van der Waals surface area contributed by atoms with Crippen molar-refractivity contribution in [3.8, 4) is 0 Å². The maximum atomic E-state index is 11.4. The number of nitrogens with zero attached hydrogens (tertiary/aromatic N) is 4. The summed E-state index contributed by atoms with van der Waals surface area (Å²) in [7, 11) is 1.79. The Balaban J connectivity index is 2.64. The van der Waals surface area contributed by atoms with Crippen molar-refractivity contribution < 1.29 is 0 Å². The van der Waals surface area contributed by atoms with E-state index < -0.39 is 0 Å². The predicted molar refractivity (Wildman–Crippen MR) is 63.4 cm³/mol. The van der Waals surface area contributed by atoms with Gasteiger partial charge in [-0.15, -0.1) is 0 Å². The molecule has 0 unspecified atom stereocenters. The molecule has 0 aliphatic heterocycles. The molecule has 0 aromatic carbocycles. The van der Waals surface area contributed by atoms with Crippen LogP contribution in [-0.2, 0) is 7.05 Å². The number of fused-ring (bicyclic) bond motifs is 3. The summed E-state index contributed by atoms with van der Waals surface area (Å²) in [5.74, 6) is 0.372. The predicted octanol–water partition coefficient (Wildman–Crippen LogP) is -0.114. The molecule has 0 fully saturated rings. The van der Waals surface area contributed by atoms with Gasteiger partial charge in [-0.3, -0.25) is 0 Å². The summed E-state index contributed by atoms with van der Waals surface area (Å²) in [4.78, 5) is 22.4. The van der Waals surface area contributed by atoms with E-state index in [1.165, 1.54) is 0 Å². The average molecular weight is 236 g/mol. The number of imidazole rings is 2. The maximum absolute atomic E-state index is 11.4. The number of anilines is 1. The van der Waals surface area contributed by atoms with Crippen molar-refractivity contribution >= 4 is 41.0 Å². The molecule has 7 nitrogen and oxygen atoms in total. The van der Waals surface area contributed by atoms with Crippen molar-refractivity contribution in [1.29, 1.82) is 0 Å². The van der Waals surface area contributed by atoms with Crippen LogP contribution in [0.15, 0.2) is 11.0 Å². The summed E-state index contributed by atoms with van der Waals surface area (Å²) < 4.78 is 2.84. The molecule has 0 atom stereocenters. The van der Waals surface area contributed by atoms with Gasteiger partial charge in [0.05, 0.1) is 11.7 Å². The zero-order valence-corrected chi connectivity index (χ0v) is 9.19. The molecule has 0 amide bonds. The van der Waals surface area contributed by atoms with Crippen LogP contribution in [0.4, 0.5) is 5.95 Å². The van der Waals surface area contributed by atoms with Gasteiger partial charge in [0, 0.05) is 7.05 Å². The van der Waals surface area contributed by atoms with Crippen LogP contribution in [0.25, 0.3) is 22.2 Å². The lowest BCUT2D eigenvalue weighted by Gasteiger charge is -1.95. The Morgan fingerprint density at radius 1 is 1.56 bits per heavy atom. The highest BCUT2D eigenvalue weighted by Gasteiger charge is 2.13. The van der Waals surface area contributed by atoms with Crippen LogP contribution < -0.4 is 11.4 Å². The number of hydrogen-bond donors (Lipinski definition) is 3. The van der Waals surface area contributed by atoms with E-state index in [1.54, 1.807) is 17.8 Å². The van der Waals surface area contributed by atoms with Crippen LogP contribution in [0.3, 0.4) is 0 Å². The number of aryl methyl sites for hydroxylation is 1. The second-order valence-corrected chi connectivity index (χ2v) is 3.86. The van der Waals surface area contributed by atoms with Crippen molar-refractivity contribution in [1.82, 2.24) is 23.5 Å². The fourth-order valence-corrected chi connectivity index (χ4v) is 1.89. The van der Waals surface area contributed by atoms with Gasteiger partial charge in [-0.2, -0.15) is 0 Å². The first-order chi connectivity index (χ1) is 7.59. The van der Waals surface area contributed by atoms with Crippen LogP contribution in [0, 0.1) is 0 Å². The molecule has 0 saturated heterocycles. The number of nitrogens with two attached hydrogens (primary N) is 1. The summed E-state index contributed by atoms with van der Waals surface area (Å²) in [5, 5.41) is 0. The molecule has 82 valence electrons. The second kappa shape index (κ2) is 2.79. The highest BCUT2D eigenvalue weighted by Crippen LogP contribution is 2.21. The van der Waals surface area contributed by atoms with Gasteiger partial charge >= 0.3 is 5.69 Å². The smallest absolute Gasteiger partial charge is 0.337 e. The summed E-state index contributed by atoms with van der Waals surface area (Å²) in [5.41, 5.74) is 7.72. The molecule has 3 N–H and O–H groups in total. The van der Waals surface area contributed by atoms with Crippen molar-refractivity contribution in [2.75, 3.05) is 5.73 Å². The zero-order chi connectivity index (χ0) is 11.4. The monoisotopic (exact) mass is 236 g/mol. The Hall–Kier alpha value is -1.96. The number of aromatic nitrogens is 5. The molecule has 0 saturated carbocycles. The summed E-state index contributed by atoms with van der Waals surface area (Å²) >= 11 is 4.02. The molecule has 0 aliphatic rings. The Morgan fingerprint density at radius 2 is 2.31 bits per heavy atom. The highest BCUT2D eigenvalue weighted by molar-refractivity contribution is 7.78. The third-order valence-corrected chi connectivity index (χ3v) is 2.94. The van der Waals surface area contributed by atoms with Gasteiger partial charge in [0.1, 0.15) is 11.0 Å². The van der Waals surface area contributed by atoms with Crippen molar-refractivity contribution in [2.45, 2.75) is 0 Å². The van der Waals surface area contributed by atoms with Crippen LogP contribution in [0.1, 0.15) is 0 Å². The quantitative estimate of drug-likeness (QED) is 0.474. The summed E-state index contributed by atoms with van der Waals surface area (Å²) in [6, 6.07) is 0. The molecule has 3 aromatic rings. The fourth-order valence-electron chi connectivity index (χ4n) is 1.69. The normalized spacial score (nSPS) is 11.6. The summed E-state index contributed by atoms with van der Waals surface area (Å²) in [6.45, 7) is 0. The minimum Gasteiger partial charge on any atom is -0.369 e. The molecular weight excluding hydrogens is 228 g/mol. The SMILES string of the molecule is Cn1c(N)nc2c3[nH]c(=O)n(S)c3ncc21. The van der Waals surface area contributed by atoms with Crippen molar-refractivity contribution in [3.63, 3.8) is 0 Å². The first-order valence-electron chi connectivity index (χ1n) is 4.50. The van der Waals surface area contributed by atoms with E-state index in [1.807, 2.05) is 0 Å². The van der Waals surface area contributed by atoms with E-state index in [9.17, 15) is 4.79 Å². The van der Waals surface area contributed by atoms with Gasteiger partial charge in [-0.25, -0.2) is 18.7 Å². The third kappa shape index (κ3) is 0.963. The lowest BCUT2D eigenvalue weighted by molar-refractivity contribution is 0.962. The van der Waals surface area contributed by atoms with Crippen LogP contribution in [-0.4, -0.2) is 23.5 Å². The van der Waals surface area contributed by atoms with Gasteiger partial charge in [0.25, 0.3) is 0 Å². The molecule has 3 heterocycles. The topological polar surface area (TPSA) is 94.5 Å². The van der Waals surface area contributed by atoms with Gasteiger partial charge in [0.2, 0.25) is 5.95 Å². The first-order valence-corrected chi connectivity index (χ1v) is 4.90. The van der Waals surface area contributed by atoms with E-state index >= 15 is 0 Å². The lowest BCUT2D eigenvalue weighted by atomic mass is 10.4. The Morgan fingerprint density at radius 3 is 3.06 bits per heavy atom. The Labute approximate surface area is 94.4 Å². The van der Waals surface area contributed by atoms with E-state index in [0.29, 0.717) is 22.6 Å². The maximum Gasteiger partial charge on any atom is 0.337 e. The third-order valence-electron chi connectivity index (χ3n) is 2.57. The number of aromatic amines is 1. The average Bonchev–Trinajstić information content (AvgIpc) is 2.70. The molecular formula is C8H8N6OS.